The Morgan fingerprint density at radius 3 is 2.59 bits per heavy atom. The summed E-state index contributed by atoms with van der Waals surface area (Å²) in [6.07, 6.45) is 4.02. The van der Waals surface area contributed by atoms with Gasteiger partial charge in [0.2, 0.25) is 5.91 Å². The lowest BCUT2D eigenvalue weighted by Gasteiger charge is -2.34. The lowest BCUT2D eigenvalue weighted by molar-refractivity contribution is -0.143. The van der Waals surface area contributed by atoms with Crippen LogP contribution in [0.3, 0.4) is 0 Å². The molecule has 0 aromatic heterocycles. The van der Waals surface area contributed by atoms with E-state index in [1.54, 1.807) is 28.8 Å². The van der Waals surface area contributed by atoms with Crippen LogP contribution in [-0.2, 0) is 21.0 Å². The lowest BCUT2D eigenvalue weighted by Crippen LogP contribution is -2.51. The summed E-state index contributed by atoms with van der Waals surface area (Å²) in [4.78, 5) is 29.8. The molecule has 0 bridgehead atoms. The minimum absolute atomic E-state index is 0.0386. The number of benzene rings is 2. The average Bonchev–Trinajstić information content (AvgIpc) is 3.47. The Hall–Kier alpha value is -2.34. The van der Waals surface area contributed by atoms with Crippen molar-refractivity contribution in [2.75, 3.05) is 17.2 Å². The topological polar surface area (TPSA) is 40.6 Å². The second-order valence-corrected chi connectivity index (χ2v) is 9.29. The van der Waals surface area contributed by atoms with Crippen LogP contribution in [-0.4, -0.2) is 29.0 Å². The van der Waals surface area contributed by atoms with Crippen LogP contribution in [0.4, 0.5) is 10.1 Å². The number of hydrogen-bond acceptors (Lipinski definition) is 3. The number of thioether (sulfide) groups is 1. The maximum Gasteiger partial charge on any atom is 0.268 e. The Bertz CT molecular complexity index is 958. The summed E-state index contributed by atoms with van der Waals surface area (Å²) in [5.41, 5.74) is 2.62. The molecule has 1 saturated carbocycles. The first-order valence-electron chi connectivity index (χ1n) is 10.2. The van der Waals surface area contributed by atoms with Crippen LogP contribution < -0.4 is 4.90 Å². The summed E-state index contributed by atoms with van der Waals surface area (Å²) < 4.78 is 13.3. The minimum atomic E-state index is -0.962. The van der Waals surface area contributed by atoms with Crippen molar-refractivity contribution in [3.63, 3.8) is 0 Å². The third-order valence-electron chi connectivity index (χ3n) is 6.33. The molecule has 0 radical (unpaired) electrons. The van der Waals surface area contributed by atoms with Crippen LogP contribution in [0.5, 0.6) is 0 Å². The highest BCUT2D eigenvalue weighted by Crippen LogP contribution is 2.55. The zero-order valence-corrected chi connectivity index (χ0v) is 17.0. The van der Waals surface area contributed by atoms with Crippen molar-refractivity contribution < 1.29 is 14.0 Å². The lowest BCUT2D eigenvalue weighted by atomic mass is 10.0. The van der Waals surface area contributed by atoms with E-state index >= 15 is 0 Å². The molecule has 29 heavy (non-hydrogen) atoms. The van der Waals surface area contributed by atoms with Crippen molar-refractivity contribution in [1.29, 1.82) is 0 Å². The van der Waals surface area contributed by atoms with E-state index in [-0.39, 0.29) is 23.5 Å². The van der Waals surface area contributed by atoms with Crippen molar-refractivity contribution in [2.45, 2.75) is 37.1 Å². The SMILES string of the molecule is O=C(C1CCCC1)N1CCS[C@@]12C(=O)N(Cc1ccc(F)cc1)c1ccccc12. The number of para-hydroxylation sites is 1. The fourth-order valence-corrected chi connectivity index (χ4v) is 6.38. The predicted molar refractivity (Wildman–Crippen MR) is 112 cm³/mol. The van der Waals surface area contributed by atoms with Gasteiger partial charge in [-0.2, -0.15) is 0 Å². The predicted octanol–water partition coefficient (Wildman–Crippen LogP) is 4.29. The molecule has 3 aliphatic rings. The summed E-state index contributed by atoms with van der Waals surface area (Å²) >= 11 is 1.57. The summed E-state index contributed by atoms with van der Waals surface area (Å²) in [5.74, 6) is 0.564. The van der Waals surface area contributed by atoms with Crippen molar-refractivity contribution in [1.82, 2.24) is 4.90 Å². The van der Waals surface area contributed by atoms with Crippen molar-refractivity contribution >= 4 is 29.3 Å². The number of halogens is 1. The van der Waals surface area contributed by atoms with Gasteiger partial charge in [0.15, 0.2) is 4.87 Å². The summed E-state index contributed by atoms with van der Waals surface area (Å²) in [5, 5.41) is 0. The minimum Gasteiger partial charge on any atom is -0.315 e. The van der Waals surface area contributed by atoms with Gasteiger partial charge in [0.25, 0.3) is 5.91 Å². The Labute approximate surface area is 174 Å². The Morgan fingerprint density at radius 1 is 1.10 bits per heavy atom. The number of fused-ring (bicyclic) bond motifs is 2. The Balaban J connectivity index is 1.54. The Kier molecular flexibility index (Phi) is 4.62. The number of hydrogen-bond donors (Lipinski definition) is 0. The van der Waals surface area contributed by atoms with Crippen LogP contribution in [0.1, 0.15) is 36.8 Å². The molecule has 2 aliphatic heterocycles. The van der Waals surface area contributed by atoms with Gasteiger partial charge in [0, 0.05) is 23.8 Å². The summed E-state index contributed by atoms with van der Waals surface area (Å²) in [6, 6.07) is 14.0. The van der Waals surface area contributed by atoms with E-state index in [0.717, 1.165) is 48.3 Å². The molecule has 1 saturated heterocycles. The van der Waals surface area contributed by atoms with Crippen LogP contribution in [0.15, 0.2) is 48.5 Å². The highest BCUT2D eigenvalue weighted by Gasteiger charge is 2.59. The number of carbonyl (C=O) groups is 2. The van der Waals surface area contributed by atoms with Gasteiger partial charge in [-0.3, -0.25) is 9.59 Å². The van der Waals surface area contributed by atoms with Crippen molar-refractivity contribution in [3.8, 4) is 0 Å². The highest BCUT2D eigenvalue weighted by atomic mass is 32.2. The first-order valence-corrected chi connectivity index (χ1v) is 11.2. The zero-order valence-electron chi connectivity index (χ0n) is 16.1. The summed E-state index contributed by atoms with van der Waals surface area (Å²) in [7, 11) is 0. The number of anilines is 1. The molecule has 2 aromatic rings. The number of carbonyl (C=O) groups excluding carboxylic acids is 2. The van der Waals surface area contributed by atoms with E-state index in [1.807, 2.05) is 29.2 Å². The third-order valence-corrected chi connectivity index (χ3v) is 7.74. The van der Waals surface area contributed by atoms with Crippen LogP contribution in [0, 0.1) is 11.7 Å². The standard InChI is InChI=1S/C23H23FN2O2S/c24-18-11-9-16(10-12-18)15-25-20-8-4-3-7-19(20)23(22(25)28)26(13-14-29-23)21(27)17-5-1-2-6-17/h3-4,7-12,17H,1-2,5-6,13-15H2/t23-/m0/s1. The van der Waals surface area contributed by atoms with Crippen molar-refractivity contribution in [2.24, 2.45) is 5.92 Å². The first-order chi connectivity index (χ1) is 14.1. The average molecular weight is 411 g/mol. The van der Waals surface area contributed by atoms with Crippen LogP contribution >= 0.6 is 11.8 Å². The largest absolute Gasteiger partial charge is 0.315 e. The van der Waals surface area contributed by atoms with Gasteiger partial charge in [-0.25, -0.2) is 4.39 Å². The number of rotatable bonds is 3. The van der Waals surface area contributed by atoms with Gasteiger partial charge in [-0.15, -0.1) is 11.8 Å². The van der Waals surface area contributed by atoms with Gasteiger partial charge in [-0.1, -0.05) is 43.2 Å². The van der Waals surface area contributed by atoms with E-state index in [1.165, 1.54) is 12.1 Å². The second kappa shape index (κ2) is 7.17. The van der Waals surface area contributed by atoms with Gasteiger partial charge in [-0.05, 0) is 36.6 Å². The normalized spacial score (nSPS) is 24.0. The van der Waals surface area contributed by atoms with Crippen molar-refractivity contribution in [3.05, 3.63) is 65.5 Å². The molecule has 2 amide bonds. The molecule has 2 heterocycles. The maximum absolute atomic E-state index is 13.8. The fourth-order valence-electron chi connectivity index (χ4n) is 4.91. The zero-order chi connectivity index (χ0) is 20.0. The molecular weight excluding hydrogens is 387 g/mol. The van der Waals surface area contributed by atoms with Gasteiger partial charge in [0.1, 0.15) is 5.82 Å². The molecule has 0 unspecified atom stereocenters. The molecule has 1 aliphatic carbocycles. The molecule has 4 nitrogen and oxygen atoms in total. The molecule has 0 N–H and O–H groups in total. The second-order valence-electron chi connectivity index (χ2n) is 8.00. The molecule has 1 spiro atoms. The van der Waals surface area contributed by atoms with Gasteiger partial charge < -0.3 is 9.80 Å². The summed E-state index contributed by atoms with van der Waals surface area (Å²) in [6.45, 7) is 0.967. The molecule has 6 heteroatoms. The molecule has 5 rings (SSSR count). The first kappa shape index (κ1) is 18.7. The number of nitrogens with zero attached hydrogens (tertiary/aromatic N) is 2. The maximum atomic E-state index is 13.8. The van der Waals surface area contributed by atoms with Gasteiger partial charge >= 0.3 is 0 Å². The quantitative estimate of drug-likeness (QED) is 0.758. The molecular formula is C23H23FN2O2S. The fraction of sp³-hybridized carbons (Fsp3) is 0.391. The van der Waals surface area contributed by atoms with E-state index < -0.39 is 4.87 Å². The number of amides is 2. The Morgan fingerprint density at radius 2 is 1.83 bits per heavy atom. The highest BCUT2D eigenvalue weighted by molar-refractivity contribution is 8.01. The van der Waals surface area contributed by atoms with E-state index in [9.17, 15) is 14.0 Å². The van der Waals surface area contributed by atoms with E-state index in [0.29, 0.717) is 13.1 Å². The monoisotopic (exact) mass is 410 g/mol. The van der Waals surface area contributed by atoms with E-state index in [4.69, 9.17) is 0 Å². The molecule has 150 valence electrons. The molecule has 1 atom stereocenters. The smallest absolute Gasteiger partial charge is 0.268 e. The van der Waals surface area contributed by atoms with Crippen LogP contribution in [0.25, 0.3) is 0 Å². The van der Waals surface area contributed by atoms with E-state index in [2.05, 4.69) is 0 Å². The van der Waals surface area contributed by atoms with Gasteiger partial charge in [0.05, 0.1) is 12.2 Å². The molecule has 2 fully saturated rings. The molecule has 2 aromatic carbocycles. The van der Waals surface area contributed by atoms with Crippen LogP contribution in [0.2, 0.25) is 0 Å². The third kappa shape index (κ3) is 2.88.